The number of rotatable bonds is 4. The summed E-state index contributed by atoms with van der Waals surface area (Å²) in [6.45, 7) is 1.65. The predicted molar refractivity (Wildman–Crippen MR) is 91.5 cm³/mol. The minimum atomic E-state index is -0.635. The zero-order valence-corrected chi connectivity index (χ0v) is 13.7. The molecule has 2 saturated heterocycles. The summed E-state index contributed by atoms with van der Waals surface area (Å²) in [5, 5.41) is 2.24. The average Bonchev–Trinajstić information content (AvgIpc) is 2.61. The van der Waals surface area contributed by atoms with E-state index in [4.69, 9.17) is 5.73 Å². The van der Waals surface area contributed by atoms with Crippen LogP contribution in [0.2, 0.25) is 0 Å². The summed E-state index contributed by atoms with van der Waals surface area (Å²) in [7, 11) is 0. The molecular weight excluding hydrogens is 324 g/mol. The van der Waals surface area contributed by atoms with Crippen molar-refractivity contribution in [3.05, 3.63) is 23.8 Å². The number of hydrogen-bond donors (Lipinski definition) is 2. The number of benzene rings is 1. The molecule has 0 bridgehead atoms. The van der Waals surface area contributed by atoms with Gasteiger partial charge in [-0.2, -0.15) is 0 Å². The van der Waals surface area contributed by atoms with Gasteiger partial charge in [-0.25, -0.2) is 4.79 Å². The van der Waals surface area contributed by atoms with Crippen molar-refractivity contribution in [2.45, 2.75) is 19.3 Å². The Morgan fingerprint density at radius 3 is 2.52 bits per heavy atom. The zero-order valence-electron chi connectivity index (χ0n) is 13.7. The van der Waals surface area contributed by atoms with E-state index in [1.165, 1.54) is 4.90 Å². The first-order valence-corrected chi connectivity index (χ1v) is 8.25. The summed E-state index contributed by atoms with van der Waals surface area (Å²) in [6, 6.07) is 4.62. The Balaban J connectivity index is 1.86. The molecule has 1 aromatic rings. The molecule has 2 aliphatic rings. The SMILES string of the molecule is NC(=O)c1cc(N2CCC(C=O)CC2)ccc1N1CCC(=O)NC1=O. The van der Waals surface area contributed by atoms with Crippen LogP contribution in [0.3, 0.4) is 0 Å². The lowest BCUT2D eigenvalue weighted by Gasteiger charge is -2.33. The molecule has 0 radical (unpaired) electrons. The molecule has 0 aromatic heterocycles. The maximum atomic E-state index is 12.0. The van der Waals surface area contributed by atoms with Crippen molar-refractivity contribution in [1.29, 1.82) is 0 Å². The molecule has 3 N–H and O–H groups in total. The van der Waals surface area contributed by atoms with Crippen LogP contribution in [0.4, 0.5) is 16.2 Å². The molecule has 2 aliphatic heterocycles. The number of aldehydes is 1. The third kappa shape index (κ3) is 3.47. The van der Waals surface area contributed by atoms with E-state index in [1.54, 1.807) is 12.1 Å². The van der Waals surface area contributed by atoms with E-state index in [2.05, 4.69) is 10.2 Å². The molecule has 1 aromatic carbocycles. The first kappa shape index (κ1) is 16.9. The lowest BCUT2D eigenvalue weighted by Crippen LogP contribution is -2.50. The number of carbonyl (C=O) groups excluding carboxylic acids is 4. The smallest absolute Gasteiger partial charge is 0.328 e. The molecule has 2 heterocycles. The largest absolute Gasteiger partial charge is 0.371 e. The third-order valence-corrected chi connectivity index (χ3v) is 4.69. The van der Waals surface area contributed by atoms with Gasteiger partial charge in [0.15, 0.2) is 0 Å². The Labute approximate surface area is 144 Å². The highest BCUT2D eigenvalue weighted by Crippen LogP contribution is 2.29. The van der Waals surface area contributed by atoms with E-state index < -0.39 is 11.9 Å². The van der Waals surface area contributed by atoms with Crippen LogP contribution in [0.5, 0.6) is 0 Å². The first-order chi connectivity index (χ1) is 12.0. The van der Waals surface area contributed by atoms with Crippen molar-refractivity contribution in [2.75, 3.05) is 29.4 Å². The van der Waals surface area contributed by atoms with Gasteiger partial charge >= 0.3 is 6.03 Å². The molecule has 2 fully saturated rings. The molecule has 3 rings (SSSR count). The molecule has 8 nitrogen and oxygen atoms in total. The molecule has 0 atom stereocenters. The lowest BCUT2D eigenvalue weighted by atomic mass is 9.97. The number of imide groups is 1. The van der Waals surface area contributed by atoms with E-state index in [1.807, 2.05) is 6.07 Å². The molecule has 0 saturated carbocycles. The van der Waals surface area contributed by atoms with Gasteiger partial charge in [0.05, 0.1) is 11.3 Å². The van der Waals surface area contributed by atoms with Gasteiger partial charge < -0.3 is 15.4 Å². The summed E-state index contributed by atoms with van der Waals surface area (Å²) < 4.78 is 0. The van der Waals surface area contributed by atoms with Crippen LogP contribution in [-0.2, 0) is 9.59 Å². The van der Waals surface area contributed by atoms with Gasteiger partial charge in [0, 0.05) is 37.7 Å². The molecule has 25 heavy (non-hydrogen) atoms. The number of amides is 4. The number of primary amides is 1. The minimum Gasteiger partial charge on any atom is -0.371 e. The Kier molecular flexibility index (Phi) is 4.69. The van der Waals surface area contributed by atoms with Crippen LogP contribution in [0.15, 0.2) is 18.2 Å². The molecule has 8 heteroatoms. The van der Waals surface area contributed by atoms with E-state index in [-0.39, 0.29) is 30.4 Å². The number of nitrogens with zero attached hydrogens (tertiary/aromatic N) is 2. The third-order valence-electron chi connectivity index (χ3n) is 4.69. The van der Waals surface area contributed by atoms with Crippen LogP contribution >= 0.6 is 0 Å². The fourth-order valence-corrected chi connectivity index (χ4v) is 3.24. The van der Waals surface area contributed by atoms with Gasteiger partial charge in [-0.3, -0.25) is 19.8 Å². The van der Waals surface area contributed by atoms with Crippen LogP contribution in [0, 0.1) is 5.92 Å². The minimum absolute atomic E-state index is 0.0840. The van der Waals surface area contributed by atoms with Crippen molar-refractivity contribution in [2.24, 2.45) is 11.7 Å². The summed E-state index contributed by atoms with van der Waals surface area (Å²) in [6.07, 6.45) is 2.71. The number of carbonyl (C=O) groups is 4. The lowest BCUT2D eigenvalue weighted by molar-refractivity contribution is -0.120. The molecule has 132 valence electrons. The first-order valence-electron chi connectivity index (χ1n) is 8.25. The van der Waals surface area contributed by atoms with Gasteiger partial charge in [-0.15, -0.1) is 0 Å². The molecule has 4 amide bonds. The highest BCUT2D eigenvalue weighted by atomic mass is 16.2. The maximum Gasteiger partial charge on any atom is 0.328 e. The normalized spacial score (nSPS) is 18.9. The second-order valence-corrected chi connectivity index (χ2v) is 6.28. The van der Waals surface area contributed by atoms with Crippen LogP contribution in [0.1, 0.15) is 29.6 Å². The van der Waals surface area contributed by atoms with Crippen molar-refractivity contribution in [3.8, 4) is 0 Å². The van der Waals surface area contributed by atoms with Crippen LogP contribution < -0.4 is 20.9 Å². The van der Waals surface area contributed by atoms with E-state index in [0.717, 1.165) is 37.9 Å². The average molecular weight is 344 g/mol. The van der Waals surface area contributed by atoms with Crippen molar-refractivity contribution in [3.63, 3.8) is 0 Å². The monoisotopic (exact) mass is 344 g/mol. The fourth-order valence-electron chi connectivity index (χ4n) is 3.24. The standard InChI is InChI=1S/C17H20N4O4/c18-16(24)13-9-12(20-6-3-11(10-22)4-7-20)1-2-14(13)21-8-5-15(23)19-17(21)25/h1-2,9-11H,3-8H2,(H2,18,24)(H,19,23,25). The van der Waals surface area contributed by atoms with Crippen molar-refractivity contribution >= 4 is 35.5 Å². The Morgan fingerprint density at radius 1 is 1.20 bits per heavy atom. The van der Waals surface area contributed by atoms with Crippen molar-refractivity contribution in [1.82, 2.24) is 5.32 Å². The number of piperidine rings is 1. The molecule has 0 aliphatic carbocycles. The van der Waals surface area contributed by atoms with E-state index in [9.17, 15) is 19.2 Å². The summed E-state index contributed by atoms with van der Waals surface area (Å²) in [5.41, 5.74) is 6.96. The number of urea groups is 1. The van der Waals surface area contributed by atoms with Gasteiger partial charge in [0.1, 0.15) is 6.29 Å². The quantitative estimate of drug-likeness (QED) is 0.779. The Bertz CT molecular complexity index is 725. The number of hydrogen-bond acceptors (Lipinski definition) is 5. The predicted octanol–water partition coefficient (Wildman–Crippen LogP) is 0.647. The Hall–Kier alpha value is -2.90. The highest BCUT2D eigenvalue weighted by Gasteiger charge is 2.28. The van der Waals surface area contributed by atoms with Crippen molar-refractivity contribution < 1.29 is 19.2 Å². The van der Waals surface area contributed by atoms with Crippen LogP contribution in [-0.4, -0.2) is 43.8 Å². The topological polar surface area (TPSA) is 113 Å². The van der Waals surface area contributed by atoms with E-state index >= 15 is 0 Å². The second-order valence-electron chi connectivity index (χ2n) is 6.28. The molecule has 0 unspecified atom stereocenters. The van der Waals surface area contributed by atoms with Gasteiger partial charge in [-0.1, -0.05) is 0 Å². The van der Waals surface area contributed by atoms with Gasteiger partial charge in [0.25, 0.3) is 5.91 Å². The Morgan fingerprint density at radius 2 is 1.92 bits per heavy atom. The molecule has 0 spiro atoms. The summed E-state index contributed by atoms with van der Waals surface area (Å²) >= 11 is 0. The molecular formula is C17H20N4O4. The zero-order chi connectivity index (χ0) is 18.0. The second kappa shape index (κ2) is 6.92. The number of nitrogens with one attached hydrogen (secondary N) is 1. The van der Waals surface area contributed by atoms with Gasteiger partial charge in [0.2, 0.25) is 5.91 Å². The summed E-state index contributed by atoms with van der Waals surface area (Å²) in [4.78, 5) is 49.6. The number of anilines is 2. The van der Waals surface area contributed by atoms with Crippen LogP contribution in [0.25, 0.3) is 0 Å². The maximum absolute atomic E-state index is 12.0. The highest BCUT2D eigenvalue weighted by molar-refractivity contribution is 6.09. The van der Waals surface area contributed by atoms with Gasteiger partial charge in [-0.05, 0) is 31.0 Å². The fraction of sp³-hybridized carbons (Fsp3) is 0.412. The van der Waals surface area contributed by atoms with E-state index in [0.29, 0.717) is 5.69 Å². The number of nitrogens with two attached hydrogens (primary N) is 1. The summed E-state index contributed by atoms with van der Waals surface area (Å²) in [5.74, 6) is -0.887.